The molecule has 0 aliphatic heterocycles. The molecule has 0 unspecified atom stereocenters. The second kappa shape index (κ2) is 6.59. The highest BCUT2D eigenvalue weighted by Gasteiger charge is 2.30. The lowest BCUT2D eigenvalue weighted by Gasteiger charge is -2.22. The first-order valence-electron chi connectivity index (χ1n) is 4.28. The largest absolute Gasteiger partial charge is 0.401 e. The first-order chi connectivity index (χ1) is 6.89. The van der Waals surface area contributed by atoms with Crippen LogP contribution in [-0.2, 0) is 4.79 Å². The van der Waals surface area contributed by atoms with E-state index in [1.54, 1.807) is 0 Å². The Kier molecular flexibility index (Phi) is 6.21. The summed E-state index contributed by atoms with van der Waals surface area (Å²) >= 11 is 0. The average molecular weight is 229 g/mol. The number of aliphatic hydroxyl groups is 1. The van der Waals surface area contributed by atoms with Gasteiger partial charge in [0.2, 0.25) is 5.91 Å². The summed E-state index contributed by atoms with van der Waals surface area (Å²) in [6.45, 7) is -1.76. The Labute approximate surface area is 85.0 Å². The number of aliphatic hydroxyl groups excluding tert-OH is 1. The molecule has 0 bridgehead atoms. The summed E-state index contributed by atoms with van der Waals surface area (Å²) in [5.41, 5.74) is 1.82. The van der Waals surface area contributed by atoms with Crippen LogP contribution in [0.5, 0.6) is 0 Å². The van der Waals surface area contributed by atoms with Gasteiger partial charge >= 0.3 is 6.18 Å². The minimum atomic E-state index is -4.34. The summed E-state index contributed by atoms with van der Waals surface area (Å²) in [5.74, 6) is 4.23. The topological polar surface area (TPSA) is 78.6 Å². The highest BCUT2D eigenvalue weighted by Crippen LogP contribution is 2.16. The van der Waals surface area contributed by atoms with E-state index in [1.165, 1.54) is 0 Å². The SMILES string of the molecule is NNC(=O)CCN(CCO)CC(F)(F)F. The fourth-order valence-electron chi connectivity index (χ4n) is 0.997. The molecule has 0 saturated carbocycles. The zero-order chi connectivity index (χ0) is 11.9. The standard InChI is InChI=1S/C7H14F3N3O2/c8-7(9,10)5-13(3-4-14)2-1-6(15)12-11/h14H,1-5,11H2,(H,12,15). The van der Waals surface area contributed by atoms with Gasteiger partial charge in [-0.15, -0.1) is 0 Å². The second-order valence-electron chi connectivity index (χ2n) is 2.93. The third-order valence-corrected chi connectivity index (χ3v) is 1.64. The lowest BCUT2D eigenvalue weighted by atomic mass is 10.3. The number of hydrazine groups is 1. The minimum absolute atomic E-state index is 0.0941. The van der Waals surface area contributed by atoms with Gasteiger partial charge in [-0.1, -0.05) is 0 Å². The maximum absolute atomic E-state index is 12.0. The Morgan fingerprint density at radius 1 is 1.40 bits per heavy atom. The molecule has 0 radical (unpaired) electrons. The van der Waals surface area contributed by atoms with Gasteiger partial charge in [0.25, 0.3) is 0 Å². The van der Waals surface area contributed by atoms with E-state index in [9.17, 15) is 18.0 Å². The fourth-order valence-corrected chi connectivity index (χ4v) is 0.997. The van der Waals surface area contributed by atoms with Gasteiger partial charge in [0.05, 0.1) is 13.2 Å². The normalized spacial score (nSPS) is 11.9. The van der Waals surface area contributed by atoms with Crippen LogP contribution in [0.4, 0.5) is 13.2 Å². The van der Waals surface area contributed by atoms with Crippen molar-refractivity contribution in [1.29, 1.82) is 0 Å². The number of nitrogens with one attached hydrogen (secondary N) is 1. The highest BCUT2D eigenvalue weighted by atomic mass is 19.4. The van der Waals surface area contributed by atoms with Crippen LogP contribution in [0, 0.1) is 0 Å². The van der Waals surface area contributed by atoms with Crippen molar-refractivity contribution in [3.8, 4) is 0 Å². The van der Waals surface area contributed by atoms with Gasteiger partial charge in [-0.2, -0.15) is 13.2 Å². The van der Waals surface area contributed by atoms with Crippen LogP contribution in [0.2, 0.25) is 0 Å². The second-order valence-corrected chi connectivity index (χ2v) is 2.93. The highest BCUT2D eigenvalue weighted by molar-refractivity contribution is 5.75. The fraction of sp³-hybridized carbons (Fsp3) is 0.857. The quantitative estimate of drug-likeness (QED) is 0.317. The van der Waals surface area contributed by atoms with Crippen molar-refractivity contribution in [2.24, 2.45) is 5.84 Å². The van der Waals surface area contributed by atoms with Gasteiger partial charge in [-0.3, -0.25) is 15.1 Å². The molecule has 0 aliphatic rings. The number of alkyl halides is 3. The monoisotopic (exact) mass is 229 g/mol. The number of carbonyl (C=O) groups excluding carboxylic acids is 1. The minimum Gasteiger partial charge on any atom is -0.395 e. The number of nitrogens with two attached hydrogens (primary N) is 1. The van der Waals surface area contributed by atoms with Crippen LogP contribution in [0.1, 0.15) is 6.42 Å². The van der Waals surface area contributed by atoms with Crippen LogP contribution in [0.3, 0.4) is 0 Å². The molecule has 0 spiro atoms. The summed E-state index contributed by atoms with van der Waals surface area (Å²) < 4.78 is 36.0. The molecule has 15 heavy (non-hydrogen) atoms. The van der Waals surface area contributed by atoms with E-state index >= 15 is 0 Å². The van der Waals surface area contributed by atoms with Gasteiger partial charge in [-0.05, 0) is 0 Å². The molecule has 5 nitrogen and oxygen atoms in total. The van der Waals surface area contributed by atoms with E-state index in [1.807, 2.05) is 5.43 Å². The lowest BCUT2D eigenvalue weighted by molar-refractivity contribution is -0.148. The van der Waals surface area contributed by atoms with Crippen LogP contribution in [0.25, 0.3) is 0 Å². The summed E-state index contributed by atoms with van der Waals surface area (Å²) in [4.78, 5) is 11.6. The van der Waals surface area contributed by atoms with Crippen molar-refractivity contribution >= 4 is 5.91 Å². The predicted molar refractivity (Wildman–Crippen MR) is 46.5 cm³/mol. The molecule has 0 aliphatic carbocycles. The molecular weight excluding hydrogens is 215 g/mol. The number of hydrogen-bond acceptors (Lipinski definition) is 4. The Bertz CT molecular complexity index is 198. The molecule has 4 N–H and O–H groups in total. The molecule has 0 fully saturated rings. The first kappa shape index (κ1) is 14.1. The Balaban J connectivity index is 3.99. The number of hydrogen-bond donors (Lipinski definition) is 3. The lowest BCUT2D eigenvalue weighted by Crippen LogP contribution is -2.39. The van der Waals surface area contributed by atoms with E-state index in [2.05, 4.69) is 0 Å². The number of nitrogens with zero attached hydrogens (tertiary/aromatic N) is 1. The van der Waals surface area contributed by atoms with Gasteiger partial charge in [0.15, 0.2) is 0 Å². The van der Waals surface area contributed by atoms with Crippen LogP contribution < -0.4 is 11.3 Å². The van der Waals surface area contributed by atoms with E-state index < -0.39 is 18.6 Å². The molecule has 0 aromatic carbocycles. The summed E-state index contributed by atoms with van der Waals surface area (Å²) in [6, 6.07) is 0. The number of carbonyl (C=O) groups is 1. The molecular formula is C7H14F3N3O2. The summed E-state index contributed by atoms with van der Waals surface area (Å²) in [6.07, 6.45) is -4.47. The van der Waals surface area contributed by atoms with E-state index in [4.69, 9.17) is 10.9 Å². The summed E-state index contributed by atoms with van der Waals surface area (Å²) in [7, 11) is 0. The molecule has 0 rings (SSSR count). The number of amides is 1. The third-order valence-electron chi connectivity index (χ3n) is 1.64. The van der Waals surface area contributed by atoms with E-state index in [-0.39, 0.29) is 26.1 Å². The van der Waals surface area contributed by atoms with Crippen LogP contribution >= 0.6 is 0 Å². The van der Waals surface area contributed by atoms with Gasteiger partial charge in [0.1, 0.15) is 0 Å². The van der Waals surface area contributed by atoms with Crippen molar-refractivity contribution in [3.05, 3.63) is 0 Å². The number of rotatable bonds is 6. The first-order valence-corrected chi connectivity index (χ1v) is 4.28. The average Bonchev–Trinajstić information content (AvgIpc) is 2.11. The maximum Gasteiger partial charge on any atom is 0.401 e. The molecule has 0 aromatic heterocycles. The third kappa shape index (κ3) is 8.16. The van der Waals surface area contributed by atoms with Crippen molar-refractivity contribution in [2.45, 2.75) is 12.6 Å². The summed E-state index contributed by atoms with van der Waals surface area (Å²) in [5, 5.41) is 8.52. The van der Waals surface area contributed by atoms with Crippen LogP contribution in [-0.4, -0.2) is 48.3 Å². The molecule has 90 valence electrons. The zero-order valence-corrected chi connectivity index (χ0v) is 8.05. The van der Waals surface area contributed by atoms with Crippen molar-refractivity contribution in [1.82, 2.24) is 10.3 Å². The Hall–Kier alpha value is -0.860. The van der Waals surface area contributed by atoms with Gasteiger partial charge in [0, 0.05) is 19.5 Å². The maximum atomic E-state index is 12.0. The smallest absolute Gasteiger partial charge is 0.395 e. The van der Waals surface area contributed by atoms with E-state index in [0.29, 0.717) is 0 Å². The van der Waals surface area contributed by atoms with Gasteiger partial charge in [-0.25, -0.2) is 5.84 Å². The molecule has 1 amide bonds. The molecule has 0 saturated heterocycles. The number of halogens is 3. The molecule has 0 aromatic rings. The zero-order valence-electron chi connectivity index (χ0n) is 8.05. The van der Waals surface area contributed by atoms with Crippen molar-refractivity contribution in [2.75, 3.05) is 26.2 Å². The Morgan fingerprint density at radius 3 is 2.40 bits per heavy atom. The van der Waals surface area contributed by atoms with Crippen molar-refractivity contribution in [3.63, 3.8) is 0 Å². The molecule has 0 heterocycles. The molecule has 8 heteroatoms. The van der Waals surface area contributed by atoms with E-state index in [0.717, 1.165) is 4.90 Å². The van der Waals surface area contributed by atoms with Crippen LogP contribution in [0.15, 0.2) is 0 Å². The Morgan fingerprint density at radius 2 is 2.00 bits per heavy atom. The van der Waals surface area contributed by atoms with Crippen molar-refractivity contribution < 1.29 is 23.1 Å². The molecule has 0 atom stereocenters. The van der Waals surface area contributed by atoms with Gasteiger partial charge < -0.3 is 5.11 Å². The predicted octanol–water partition coefficient (Wildman–Crippen LogP) is -0.777.